The van der Waals surface area contributed by atoms with E-state index in [9.17, 15) is 5.11 Å². The van der Waals surface area contributed by atoms with Gasteiger partial charge in [0, 0.05) is 42.8 Å². The number of thiophene rings is 1. The minimum Gasteiger partial charge on any atom is -0.497 e. The number of ether oxygens (including phenoxy) is 1. The summed E-state index contributed by atoms with van der Waals surface area (Å²) in [7, 11) is 1.70. The zero-order valence-electron chi connectivity index (χ0n) is 17.9. The van der Waals surface area contributed by atoms with E-state index in [1.54, 1.807) is 18.4 Å². The van der Waals surface area contributed by atoms with Crippen molar-refractivity contribution in [1.29, 1.82) is 0 Å². The summed E-state index contributed by atoms with van der Waals surface area (Å²) in [6.07, 6.45) is 1.14. The van der Waals surface area contributed by atoms with Gasteiger partial charge in [0.2, 0.25) is 0 Å². The number of rotatable bonds is 8. The average molecular weight is 545 g/mol. The SMILES string of the molecule is CCNC(=NCC(C)(O)c1cccs1)NCC1CCN(c2cccc(OC)c2)C1.I. The van der Waals surface area contributed by atoms with Crippen molar-refractivity contribution in [3.8, 4) is 5.75 Å². The topological polar surface area (TPSA) is 69.1 Å². The number of nitrogens with one attached hydrogen (secondary N) is 2. The molecule has 2 aromatic rings. The van der Waals surface area contributed by atoms with E-state index < -0.39 is 5.60 Å². The van der Waals surface area contributed by atoms with E-state index in [-0.39, 0.29) is 24.0 Å². The predicted molar refractivity (Wildman–Crippen MR) is 137 cm³/mol. The van der Waals surface area contributed by atoms with E-state index in [0.717, 1.165) is 49.2 Å². The minimum atomic E-state index is -0.951. The number of aliphatic hydroxyl groups is 1. The molecule has 0 saturated carbocycles. The quantitative estimate of drug-likeness (QED) is 0.269. The Morgan fingerprint density at radius 3 is 2.87 bits per heavy atom. The number of halogens is 1. The second-order valence-corrected chi connectivity index (χ2v) is 8.58. The van der Waals surface area contributed by atoms with Gasteiger partial charge in [0.1, 0.15) is 11.4 Å². The van der Waals surface area contributed by atoms with Crippen molar-refractivity contribution < 1.29 is 9.84 Å². The van der Waals surface area contributed by atoms with Gasteiger partial charge in [0.05, 0.1) is 13.7 Å². The van der Waals surface area contributed by atoms with Crippen molar-refractivity contribution in [3.05, 3.63) is 46.7 Å². The lowest BCUT2D eigenvalue weighted by Gasteiger charge is -2.22. The highest BCUT2D eigenvalue weighted by Crippen LogP contribution is 2.27. The Labute approximate surface area is 200 Å². The molecular weight excluding hydrogens is 511 g/mol. The van der Waals surface area contributed by atoms with Crippen LogP contribution >= 0.6 is 35.3 Å². The first-order valence-electron chi connectivity index (χ1n) is 10.2. The Kier molecular flexibility index (Phi) is 9.70. The molecule has 2 unspecified atom stereocenters. The van der Waals surface area contributed by atoms with Crippen LogP contribution in [0.15, 0.2) is 46.8 Å². The average Bonchev–Trinajstić information content (AvgIpc) is 3.43. The molecule has 0 bridgehead atoms. The highest BCUT2D eigenvalue weighted by molar-refractivity contribution is 14.0. The van der Waals surface area contributed by atoms with Gasteiger partial charge in [-0.25, -0.2) is 4.99 Å². The molecule has 0 aliphatic carbocycles. The number of anilines is 1. The van der Waals surface area contributed by atoms with Crippen LogP contribution in [0, 0.1) is 5.92 Å². The van der Waals surface area contributed by atoms with Crippen molar-refractivity contribution in [2.45, 2.75) is 25.9 Å². The van der Waals surface area contributed by atoms with Crippen molar-refractivity contribution in [1.82, 2.24) is 10.6 Å². The molecular formula is C22H33IN4O2S. The standard InChI is InChI=1S/C22H32N4O2S.HI/c1-4-23-21(25-16-22(2,27)20-9-6-12-29-20)24-14-17-10-11-26(15-17)18-7-5-8-19(13-18)28-3;/h5-9,12-13,17,27H,4,10-11,14-16H2,1-3H3,(H2,23,24,25);1H. The maximum absolute atomic E-state index is 10.7. The molecule has 3 N–H and O–H groups in total. The summed E-state index contributed by atoms with van der Waals surface area (Å²) in [6, 6.07) is 12.1. The zero-order valence-corrected chi connectivity index (χ0v) is 21.1. The molecule has 30 heavy (non-hydrogen) atoms. The van der Waals surface area contributed by atoms with E-state index in [1.165, 1.54) is 5.69 Å². The maximum atomic E-state index is 10.7. The second kappa shape index (κ2) is 11.8. The van der Waals surface area contributed by atoms with Gasteiger partial charge >= 0.3 is 0 Å². The van der Waals surface area contributed by atoms with Crippen LogP contribution in [0.5, 0.6) is 5.75 Å². The highest BCUT2D eigenvalue weighted by Gasteiger charge is 2.25. The Hall–Kier alpha value is -1.52. The monoisotopic (exact) mass is 544 g/mol. The van der Waals surface area contributed by atoms with Gasteiger partial charge in [-0.15, -0.1) is 35.3 Å². The zero-order chi connectivity index (χ0) is 20.7. The first-order valence-corrected chi connectivity index (χ1v) is 11.1. The number of guanidine groups is 1. The third kappa shape index (κ3) is 6.75. The number of aliphatic imine (C=N–C) groups is 1. The van der Waals surface area contributed by atoms with E-state index in [0.29, 0.717) is 12.5 Å². The Bertz CT molecular complexity index is 798. The first-order chi connectivity index (χ1) is 14.0. The second-order valence-electron chi connectivity index (χ2n) is 7.63. The van der Waals surface area contributed by atoms with Gasteiger partial charge in [-0.05, 0) is 49.8 Å². The normalized spacial score (nSPS) is 18.5. The van der Waals surface area contributed by atoms with Crippen LogP contribution in [-0.2, 0) is 5.60 Å². The molecule has 2 atom stereocenters. The maximum Gasteiger partial charge on any atom is 0.191 e. The van der Waals surface area contributed by atoms with Gasteiger partial charge in [-0.2, -0.15) is 0 Å². The third-order valence-electron chi connectivity index (χ3n) is 5.20. The van der Waals surface area contributed by atoms with Crippen molar-refractivity contribution >= 4 is 47.0 Å². The number of methoxy groups -OCH3 is 1. The van der Waals surface area contributed by atoms with Crippen LogP contribution < -0.4 is 20.3 Å². The van der Waals surface area contributed by atoms with Gasteiger partial charge in [0.25, 0.3) is 0 Å². The number of hydrogen-bond donors (Lipinski definition) is 3. The van der Waals surface area contributed by atoms with Gasteiger partial charge < -0.3 is 25.4 Å². The van der Waals surface area contributed by atoms with Crippen LogP contribution in [-0.4, -0.2) is 50.9 Å². The van der Waals surface area contributed by atoms with Crippen LogP contribution in [0.1, 0.15) is 25.1 Å². The summed E-state index contributed by atoms with van der Waals surface area (Å²) >= 11 is 1.55. The molecule has 0 amide bonds. The lowest BCUT2D eigenvalue weighted by Crippen LogP contribution is -2.41. The van der Waals surface area contributed by atoms with Crippen molar-refractivity contribution in [2.24, 2.45) is 10.9 Å². The first kappa shape index (κ1) is 24.7. The summed E-state index contributed by atoms with van der Waals surface area (Å²) in [6.45, 7) is 7.88. The van der Waals surface area contributed by atoms with Gasteiger partial charge in [-0.1, -0.05) is 12.1 Å². The summed E-state index contributed by atoms with van der Waals surface area (Å²) in [4.78, 5) is 7.96. The number of benzene rings is 1. The summed E-state index contributed by atoms with van der Waals surface area (Å²) in [5.74, 6) is 2.19. The molecule has 1 fully saturated rings. The summed E-state index contributed by atoms with van der Waals surface area (Å²) in [5, 5.41) is 19.4. The van der Waals surface area contributed by atoms with Crippen molar-refractivity contribution in [2.75, 3.05) is 44.7 Å². The van der Waals surface area contributed by atoms with E-state index in [1.807, 2.05) is 36.6 Å². The fourth-order valence-corrected chi connectivity index (χ4v) is 4.30. The molecule has 166 valence electrons. The lowest BCUT2D eigenvalue weighted by atomic mass is 10.1. The molecule has 1 aliphatic rings. The van der Waals surface area contributed by atoms with Gasteiger partial charge in [-0.3, -0.25) is 0 Å². The predicted octanol–water partition coefficient (Wildman–Crippen LogP) is 3.66. The van der Waals surface area contributed by atoms with Gasteiger partial charge in [0.15, 0.2) is 5.96 Å². The van der Waals surface area contributed by atoms with Crippen LogP contribution in [0.3, 0.4) is 0 Å². The molecule has 1 aliphatic heterocycles. The fraction of sp³-hybridized carbons (Fsp3) is 0.500. The van der Waals surface area contributed by atoms with Crippen LogP contribution in [0.4, 0.5) is 5.69 Å². The molecule has 0 radical (unpaired) electrons. The smallest absolute Gasteiger partial charge is 0.191 e. The van der Waals surface area contributed by atoms with E-state index in [2.05, 4.69) is 39.6 Å². The van der Waals surface area contributed by atoms with Crippen LogP contribution in [0.25, 0.3) is 0 Å². The van der Waals surface area contributed by atoms with Crippen LogP contribution in [0.2, 0.25) is 0 Å². The summed E-state index contributed by atoms with van der Waals surface area (Å²) < 4.78 is 5.35. The molecule has 1 saturated heterocycles. The molecule has 8 heteroatoms. The Morgan fingerprint density at radius 1 is 1.33 bits per heavy atom. The van der Waals surface area contributed by atoms with Crippen molar-refractivity contribution in [3.63, 3.8) is 0 Å². The lowest BCUT2D eigenvalue weighted by molar-refractivity contribution is 0.0711. The molecule has 1 aromatic carbocycles. The Balaban J connectivity index is 0.00000320. The molecule has 2 heterocycles. The number of nitrogens with zero attached hydrogens (tertiary/aromatic N) is 2. The largest absolute Gasteiger partial charge is 0.497 e. The molecule has 3 rings (SSSR count). The number of hydrogen-bond acceptors (Lipinski definition) is 5. The molecule has 1 aromatic heterocycles. The summed E-state index contributed by atoms with van der Waals surface area (Å²) in [5.41, 5.74) is 0.256. The fourth-order valence-electron chi connectivity index (χ4n) is 3.52. The third-order valence-corrected chi connectivity index (χ3v) is 6.33. The Morgan fingerprint density at radius 2 is 2.17 bits per heavy atom. The molecule has 0 spiro atoms. The highest BCUT2D eigenvalue weighted by atomic mass is 127. The van der Waals surface area contributed by atoms with E-state index in [4.69, 9.17) is 4.74 Å². The minimum absolute atomic E-state index is 0. The molecule has 6 nitrogen and oxygen atoms in total. The van der Waals surface area contributed by atoms with E-state index >= 15 is 0 Å².